The van der Waals surface area contributed by atoms with Crippen LogP contribution < -0.4 is 10.1 Å². The van der Waals surface area contributed by atoms with E-state index in [4.69, 9.17) is 4.74 Å². The summed E-state index contributed by atoms with van der Waals surface area (Å²) in [6, 6.07) is 10.9. The number of nitrogens with one attached hydrogen (secondary N) is 1. The lowest BCUT2D eigenvalue weighted by Gasteiger charge is -2.07. The quantitative estimate of drug-likeness (QED) is 0.942. The Morgan fingerprint density at radius 1 is 1.37 bits per heavy atom. The highest BCUT2D eigenvalue weighted by Gasteiger charge is 2.07. The van der Waals surface area contributed by atoms with Crippen LogP contribution in [0.3, 0.4) is 0 Å². The molecule has 0 unspecified atom stereocenters. The predicted molar refractivity (Wildman–Crippen MR) is 77.3 cm³/mol. The molecule has 98 valence electrons. The van der Waals surface area contributed by atoms with Crippen molar-refractivity contribution >= 4 is 27.7 Å². The average Bonchev–Trinajstić information content (AvgIpc) is 2.40. The molecule has 0 aliphatic heterocycles. The lowest BCUT2D eigenvalue weighted by atomic mass is 10.1. The van der Waals surface area contributed by atoms with E-state index < -0.39 is 0 Å². The van der Waals surface area contributed by atoms with Gasteiger partial charge in [0.2, 0.25) is 5.91 Å². The maximum Gasteiger partial charge on any atom is 0.229 e. The standard InChI is InChI=1S/C14H13BrN2O2/c1-19-12-6-5-10(8-11(12)15)9-14(18)17-13-4-2-3-7-16-13/h2-8H,9H2,1H3,(H,16,17,18). The predicted octanol–water partition coefficient (Wildman–Crippen LogP) is 3.03. The summed E-state index contributed by atoms with van der Waals surface area (Å²) in [4.78, 5) is 15.9. The Balaban J connectivity index is 2.01. The molecule has 1 N–H and O–H groups in total. The highest BCUT2D eigenvalue weighted by atomic mass is 79.9. The van der Waals surface area contributed by atoms with Crippen LogP contribution in [0.1, 0.15) is 5.56 Å². The van der Waals surface area contributed by atoms with E-state index in [-0.39, 0.29) is 5.91 Å². The number of methoxy groups -OCH3 is 1. The molecule has 0 aliphatic rings. The van der Waals surface area contributed by atoms with Gasteiger partial charge in [-0.1, -0.05) is 12.1 Å². The first-order valence-corrected chi connectivity index (χ1v) is 6.51. The Hall–Kier alpha value is -1.88. The molecule has 1 heterocycles. The normalized spacial score (nSPS) is 10.0. The van der Waals surface area contributed by atoms with Crippen LogP contribution in [0.15, 0.2) is 47.1 Å². The van der Waals surface area contributed by atoms with Crippen LogP contribution >= 0.6 is 15.9 Å². The van der Waals surface area contributed by atoms with Gasteiger partial charge in [-0.15, -0.1) is 0 Å². The van der Waals surface area contributed by atoms with Crippen molar-refractivity contribution in [3.63, 3.8) is 0 Å². The number of hydrogen-bond acceptors (Lipinski definition) is 3. The first-order chi connectivity index (χ1) is 9.19. The number of carbonyl (C=O) groups excluding carboxylic acids is 1. The van der Waals surface area contributed by atoms with Crippen LogP contribution in [0, 0.1) is 0 Å². The lowest BCUT2D eigenvalue weighted by molar-refractivity contribution is -0.115. The summed E-state index contributed by atoms with van der Waals surface area (Å²) in [5, 5.41) is 2.74. The van der Waals surface area contributed by atoms with Gasteiger partial charge in [0.05, 0.1) is 18.0 Å². The molecule has 0 saturated heterocycles. The third kappa shape index (κ3) is 3.79. The number of benzene rings is 1. The van der Waals surface area contributed by atoms with Crippen LogP contribution in [-0.2, 0) is 11.2 Å². The van der Waals surface area contributed by atoms with Gasteiger partial charge in [-0.3, -0.25) is 4.79 Å². The van der Waals surface area contributed by atoms with Crippen molar-refractivity contribution in [2.45, 2.75) is 6.42 Å². The minimum absolute atomic E-state index is 0.101. The van der Waals surface area contributed by atoms with Crippen molar-refractivity contribution in [3.8, 4) is 5.75 Å². The van der Waals surface area contributed by atoms with E-state index in [2.05, 4.69) is 26.2 Å². The third-order valence-electron chi connectivity index (χ3n) is 2.51. The molecular weight excluding hydrogens is 308 g/mol. The second-order valence-electron chi connectivity index (χ2n) is 3.91. The van der Waals surface area contributed by atoms with Gasteiger partial charge in [0, 0.05) is 6.20 Å². The molecule has 0 radical (unpaired) electrons. The molecule has 0 atom stereocenters. The number of hydrogen-bond donors (Lipinski definition) is 1. The highest BCUT2D eigenvalue weighted by molar-refractivity contribution is 9.10. The van der Waals surface area contributed by atoms with Crippen LogP contribution in [0.25, 0.3) is 0 Å². The first-order valence-electron chi connectivity index (χ1n) is 5.72. The Labute approximate surface area is 119 Å². The molecule has 1 aromatic heterocycles. The summed E-state index contributed by atoms with van der Waals surface area (Å²) in [6.45, 7) is 0. The molecule has 4 nitrogen and oxygen atoms in total. The monoisotopic (exact) mass is 320 g/mol. The fourth-order valence-electron chi connectivity index (χ4n) is 1.63. The molecule has 0 fully saturated rings. The van der Waals surface area contributed by atoms with Gasteiger partial charge in [0.15, 0.2) is 0 Å². The van der Waals surface area contributed by atoms with Gasteiger partial charge in [-0.2, -0.15) is 0 Å². The number of carbonyl (C=O) groups is 1. The summed E-state index contributed by atoms with van der Waals surface area (Å²) in [5.41, 5.74) is 0.904. The van der Waals surface area contributed by atoms with Crippen LogP contribution in [0.4, 0.5) is 5.82 Å². The number of ether oxygens (including phenoxy) is 1. The third-order valence-corrected chi connectivity index (χ3v) is 3.13. The van der Waals surface area contributed by atoms with Gasteiger partial charge in [0.25, 0.3) is 0 Å². The fourth-order valence-corrected chi connectivity index (χ4v) is 2.22. The van der Waals surface area contributed by atoms with E-state index in [9.17, 15) is 4.79 Å². The van der Waals surface area contributed by atoms with Gasteiger partial charge < -0.3 is 10.1 Å². The number of nitrogens with zero attached hydrogens (tertiary/aromatic N) is 1. The van der Waals surface area contributed by atoms with Gasteiger partial charge >= 0.3 is 0 Å². The van der Waals surface area contributed by atoms with Gasteiger partial charge in [0.1, 0.15) is 11.6 Å². The maximum atomic E-state index is 11.8. The number of aromatic nitrogens is 1. The van der Waals surface area contributed by atoms with Gasteiger partial charge in [-0.05, 0) is 45.8 Å². The molecule has 1 aromatic carbocycles. The molecular formula is C14H13BrN2O2. The number of amides is 1. The van der Waals surface area contributed by atoms with Crippen LogP contribution in [0.2, 0.25) is 0 Å². The lowest BCUT2D eigenvalue weighted by Crippen LogP contribution is -2.15. The molecule has 0 bridgehead atoms. The first kappa shape index (κ1) is 13.5. The Kier molecular flexibility index (Phi) is 4.52. The molecule has 0 saturated carbocycles. The van der Waals surface area contributed by atoms with Crippen LogP contribution in [0.5, 0.6) is 5.75 Å². The smallest absolute Gasteiger partial charge is 0.229 e. The second-order valence-corrected chi connectivity index (χ2v) is 4.76. The highest BCUT2D eigenvalue weighted by Crippen LogP contribution is 2.25. The summed E-state index contributed by atoms with van der Waals surface area (Å²) in [6.07, 6.45) is 1.93. The number of rotatable bonds is 4. The molecule has 19 heavy (non-hydrogen) atoms. The molecule has 5 heteroatoms. The number of anilines is 1. The summed E-state index contributed by atoms with van der Waals surface area (Å²) in [5.74, 6) is 1.20. The average molecular weight is 321 g/mol. The van der Waals surface area contributed by atoms with E-state index in [1.54, 1.807) is 25.4 Å². The molecule has 2 aromatic rings. The van der Waals surface area contributed by atoms with E-state index in [0.717, 1.165) is 15.8 Å². The Morgan fingerprint density at radius 3 is 2.84 bits per heavy atom. The van der Waals surface area contributed by atoms with Gasteiger partial charge in [-0.25, -0.2) is 4.98 Å². The minimum atomic E-state index is -0.101. The van der Waals surface area contributed by atoms with E-state index in [0.29, 0.717) is 12.2 Å². The zero-order valence-corrected chi connectivity index (χ0v) is 12.0. The SMILES string of the molecule is COc1ccc(CC(=O)Nc2ccccn2)cc1Br. The topological polar surface area (TPSA) is 51.2 Å². The summed E-state index contributed by atoms with van der Waals surface area (Å²) in [7, 11) is 1.60. The Morgan fingerprint density at radius 2 is 2.21 bits per heavy atom. The Bertz CT molecular complexity index is 573. The summed E-state index contributed by atoms with van der Waals surface area (Å²) < 4.78 is 5.97. The number of pyridine rings is 1. The maximum absolute atomic E-state index is 11.8. The fraction of sp³-hybridized carbons (Fsp3) is 0.143. The molecule has 0 spiro atoms. The molecule has 0 aliphatic carbocycles. The van der Waals surface area contributed by atoms with Crippen molar-refractivity contribution in [3.05, 3.63) is 52.6 Å². The zero-order chi connectivity index (χ0) is 13.7. The van der Waals surface area contributed by atoms with E-state index >= 15 is 0 Å². The van der Waals surface area contributed by atoms with Crippen molar-refractivity contribution in [2.75, 3.05) is 12.4 Å². The van der Waals surface area contributed by atoms with Crippen molar-refractivity contribution in [2.24, 2.45) is 0 Å². The van der Waals surface area contributed by atoms with E-state index in [1.165, 1.54) is 0 Å². The zero-order valence-electron chi connectivity index (χ0n) is 10.4. The number of halogens is 1. The van der Waals surface area contributed by atoms with E-state index in [1.807, 2.05) is 24.3 Å². The summed E-state index contributed by atoms with van der Waals surface area (Å²) >= 11 is 3.40. The second kappa shape index (κ2) is 6.33. The largest absolute Gasteiger partial charge is 0.496 e. The molecule has 1 amide bonds. The van der Waals surface area contributed by atoms with Crippen molar-refractivity contribution in [1.82, 2.24) is 4.98 Å². The van der Waals surface area contributed by atoms with Crippen molar-refractivity contribution < 1.29 is 9.53 Å². The van der Waals surface area contributed by atoms with Crippen molar-refractivity contribution in [1.29, 1.82) is 0 Å². The molecule has 2 rings (SSSR count). The minimum Gasteiger partial charge on any atom is -0.496 e. The van der Waals surface area contributed by atoms with Crippen LogP contribution in [-0.4, -0.2) is 18.0 Å².